The topological polar surface area (TPSA) is 136 Å². The molecule has 0 amide bonds. The first-order valence-corrected chi connectivity index (χ1v) is 9.75. The van der Waals surface area contributed by atoms with Gasteiger partial charge in [0.15, 0.2) is 0 Å². The predicted octanol–water partition coefficient (Wildman–Crippen LogP) is 1.72. The van der Waals surface area contributed by atoms with Crippen LogP contribution < -0.4 is 0 Å². The summed E-state index contributed by atoms with van der Waals surface area (Å²) in [5.41, 5.74) is 1.28. The average Bonchev–Trinajstić information content (AvgIpc) is 2.90. The number of pyridine rings is 1. The molecule has 0 aliphatic heterocycles. The number of aromatic nitrogens is 3. The fourth-order valence-electron chi connectivity index (χ4n) is 1.84. The fourth-order valence-corrected chi connectivity index (χ4v) is 4.64. The van der Waals surface area contributed by atoms with Gasteiger partial charge < -0.3 is 14.7 Å². The summed E-state index contributed by atoms with van der Waals surface area (Å²) in [6.07, 6.45) is 3.39. The molecule has 2 aromatic rings. The van der Waals surface area contributed by atoms with E-state index in [-0.39, 0.29) is 5.56 Å². The molecular formula is C11H14FN3O5P2. The van der Waals surface area contributed by atoms with Crippen molar-refractivity contribution in [2.45, 2.75) is 11.6 Å². The second-order valence-electron chi connectivity index (χ2n) is 4.86. The number of nitrogens with one attached hydrogen (secondary N) is 1. The number of rotatable bonds is 5. The summed E-state index contributed by atoms with van der Waals surface area (Å²) in [5, 5.41) is 2.80. The molecule has 2 unspecified atom stereocenters. The number of aromatic amines is 1. The molecule has 0 saturated heterocycles. The standard InChI is InChI=1S/C11H14FN3O5P2/c1-21(16,17)11(12,22(18,19)20)4-8-2-3-10(13-5-8)9-6-14-15-7-9/h2-3,5-7H,4H2,1H3,(H,14,15)(H,16,17)(H2,18,19,20). The molecule has 2 atom stereocenters. The van der Waals surface area contributed by atoms with Crippen molar-refractivity contribution in [2.75, 3.05) is 6.66 Å². The second-order valence-corrected chi connectivity index (χ2v) is 9.47. The first-order valence-electron chi connectivity index (χ1n) is 6.03. The number of hydrogen-bond acceptors (Lipinski definition) is 4. The van der Waals surface area contributed by atoms with Crippen molar-refractivity contribution in [1.29, 1.82) is 0 Å². The SMILES string of the molecule is CP(=O)(O)C(F)(Cc1ccc(-c2cn[nH]c2)nc1)P(=O)(O)O. The summed E-state index contributed by atoms with van der Waals surface area (Å²) in [7, 11) is -10.2. The minimum atomic E-state index is -5.46. The maximum atomic E-state index is 14.5. The van der Waals surface area contributed by atoms with Crippen molar-refractivity contribution in [3.63, 3.8) is 0 Å². The van der Waals surface area contributed by atoms with Crippen LogP contribution in [0.1, 0.15) is 5.56 Å². The van der Waals surface area contributed by atoms with E-state index in [2.05, 4.69) is 15.2 Å². The number of hydrogen-bond donors (Lipinski definition) is 4. The first-order chi connectivity index (χ1) is 10.0. The van der Waals surface area contributed by atoms with E-state index in [1.165, 1.54) is 24.5 Å². The number of halogens is 1. The number of H-pyrrole nitrogens is 1. The molecule has 0 aromatic carbocycles. The van der Waals surface area contributed by atoms with Crippen molar-refractivity contribution in [1.82, 2.24) is 15.2 Å². The molecule has 4 N–H and O–H groups in total. The Bertz CT molecular complexity index is 716. The Kier molecular flexibility index (Phi) is 4.39. The van der Waals surface area contributed by atoms with E-state index in [0.717, 1.165) is 0 Å². The predicted molar refractivity (Wildman–Crippen MR) is 77.2 cm³/mol. The van der Waals surface area contributed by atoms with Gasteiger partial charge in [0, 0.05) is 31.0 Å². The summed E-state index contributed by atoms with van der Waals surface area (Å²) in [5.74, 6) is 0. The molecule has 0 aliphatic rings. The zero-order valence-corrected chi connectivity index (χ0v) is 13.2. The highest BCUT2D eigenvalue weighted by Gasteiger charge is 2.59. The Balaban J connectivity index is 2.33. The van der Waals surface area contributed by atoms with Gasteiger partial charge in [-0.05, 0) is 11.6 Å². The van der Waals surface area contributed by atoms with Crippen LogP contribution in [0.2, 0.25) is 0 Å². The molecule has 0 bridgehead atoms. The zero-order chi connectivity index (χ0) is 16.6. The van der Waals surface area contributed by atoms with Crippen LogP contribution in [0.5, 0.6) is 0 Å². The Hall–Kier alpha value is -1.37. The van der Waals surface area contributed by atoms with Gasteiger partial charge in [-0.25, -0.2) is 4.39 Å². The van der Waals surface area contributed by atoms with E-state index in [1.807, 2.05) is 0 Å². The van der Waals surface area contributed by atoms with Crippen molar-refractivity contribution >= 4 is 15.0 Å². The van der Waals surface area contributed by atoms with Gasteiger partial charge in [-0.1, -0.05) is 6.07 Å². The van der Waals surface area contributed by atoms with Gasteiger partial charge >= 0.3 is 7.60 Å². The maximum absolute atomic E-state index is 14.5. The molecule has 8 nitrogen and oxygen atoms in total. The lowest BCUT2D eigenvalue weighted by Gasteiger charge is -2.28. The van der Waals surface area contributed by atoms with E-state index in [0.29, 0.717) is 17.9 Å². The maximum Gasteiger partial charge on any atom is 0.372 e. The van der Waals surface area contributed by atoms with Crippen LogP contribution >= 0.6 is 15.0 Å². The molecule has 0 spiro atoms. The third-order valence-electron chi connectivity index (χ3n) is 3.13. The van der Waals surface area contributed by atoms with Gasteiger partial charge in [0.05, 0.1) is 11.9 Å². The minimum Gasteiger partial charge on any atom is -0.342 e. The number of nitrogens with zero attached hydrogens (tertiary/aromatic N) is 2. The Labute approximate surface area is 125 Å². The molecule has 11 heteroatoms. The summed E-state index contributed by atoms with van der Waals surface area (Å²) < 4.78 is 37.5. The summed E-state index contributed by atoms with van der Waals surface area (Å²) in [6.45, 7) is 0.583. The lowest BCUT2D eigenvalue weighted by Crippen LogP contribution is -2.26. The average molecular weight is 349 g/mol. The lowest BCUT2D eigenvalue weighted by atomic mass is 10.1. The van der Waals surface area contributed by atoms with Gasteiger partial charge in [0.25, 0.3) is 5.15 Å². The van der Waals surface area contributed by atoms with Crippen molar-refractivity contribution in [3.05, 3.63) is 36.3 Å². The van der Waals surface area contributed by atoms with E-state index in [9.17, 15) is 18.4 Å². The molecule has 2 aromatic heterocycles. The fraction of sp³-hybridized carbons (Fsp3) is 0.273. The highest BCUT2D eigenvalue weighted by molar-refractivity contribution is 7.74. The summed E-state index contributed by atoms with van der Waals surface area (Å²) in [6, 6.07) is 2.88. The van der Waals surface area contributed by atoms with Crippen LogP contribution in [-0.2, 0) is 15.6 Å². The smallest absolute Gasteiger partial charge is 0.342 e. The van der Waals surface area contributed by atoms with E-state index in [1.54, 1.807) is 6.20 Å². The highest BCUT2D eigenvalue weighted by atomic mass is 31.2. The van der Waals surface area contributed by atoms with Crippen molar-refractivity contribution < 1.29 is 28.2 Å². The molecule has 22 heavy (non-hydrogen) atoms. The normalized spacial score (nSPS) is 17.7. The van der Waals surface area contributed by atoms with Crippen LogP contribution in [0.4, 0.5) is 4.39 Å². The molecule has 0 saturated carbocycles. The van der Waals surface area contributed by atoms with Crippen LogP contribution in [-0.4, -0.2) is 41.7 Å². The molecular weight excluding hydrogens is 335 g/mol. The molecule has 0 fully saturated rings. The third-order valence-corrected chi connectivity index (χ3v) is 7.51. The van der Waals surface area contributed by atoms with Crippen molar-refractivity contribution in [3.8, 4) is 11.3 Å². The van der Waals surface area contributed by atoms with Crippen LogP contribution in [0.25, 0.3) is 11.3 Å². The van der Waals surface area contributed by atoms with Gasteiger partial charge in [-0.3, -0.25) is 19.2 Å². The van der Waals surface area contributed by atoms with Crippen LogP contribution in [0, 0.1) is 0 Å². The summed E-state index contributed by atoms with van der Waals surface area (Å²) in [4.78, 5) is 31.6. The molecule has 0 aliphatic carbocycles. The largest absolute Gasteiger partial charge is 0.372 e. The molecule has 120 valence electrons. The summed E-state index contributed by atoms with van der Waals surface area (Å²) >= 11 is 0. The Morgan fingerprint density at radius 3 is 2.36 bits per heavy atom. The lowest BCUT2D eigenvalue weighted by molar-refractivity contribution is 0.251. The molecule has 2 rings (SSSR count). The minimum absolute atomic E-state index is 0.0918. The van der Waals surface area contributed by atoms with Crippen molar-refractivity contribution in [2.24, 2.45) is 0 Å². The zero-order valence-electron chi connectivity index (χ0n) is 11.4. The van der Waals surface area contributed by atoms with Gasteiger partial charge in [-0.15, -0.1) is 0 Å². The van der Waals surface area contributed by atoms with Crippen LogP contribution in [0.3, 0.4) is 0 Å². The first kappa shape index (κ1) is 17.0. The van der Waals surface area contributed by atoms with Gasteiger partial charge in [0.1, 0.15) is 0 Å². The Morgan fingerprint density at radius 2 is 1.95 bits per heavy atom. The number of alkyl halides is 1. The quantitative estimate of drug-likeness (QED) is 0.603. The van der Waals surface area contributed by atoms with E-state index >= 15 is 0 Å². The Morgan fingerprint density at radius 1 is 1.27 bits per heavy atom. The monoisotopic (exact) mass is 349 g/mol. The van der Waals surface area contributed by atoms with Gasteiger partial charge in [0.2, 0.25) is 7.37 Å². The van der Waals surface area contributed by atoms with E-state index in [4.69, 9.17) is 9.79 Å². The third kappa shape index (κ3) is 3.19. The van der Waals surface area contributed by atoms with E-state index < -0.39 is 26.5 Å². The molecule has 0 radical (unpaired) electrons. The van der Waals surface area contributed by atoms with Gasteiger partial charge in [-0.2, -0.15) is 5.10 Å². The second kappa shape index (κ2) is 5.68. The van der Waals surface area contributed by atoms with Crippen LogP contribution in [0.15, 0.2) is 30.7 Å². The molecule has 2 heterocycles. The highest BCUT2D eigenvalue weighted by Crippen LogP contribution is 2.71.